The number of hydrogen-bond donors (Lipinski definition) is 1. The molecule has 1 N–H and O–H groups in total. The maximum atomic E-state index is 5.59. The lowest BCUT2D eigenvalue weighted by atomic mass is 10.1. The molecule has 0 atom stereocenters. The lowest BCUT2D eigenvalue weighted by Crippen LogP contribution is -2.12. The van der Waals surface area contributed by atoms with Gasteiger partial charge in [0, 0.05) is 17.1 Å². The SMILES string of the molecule is COc1ccc(N=c2scc(-c3cc(OC)ccc3OC)n2N=Cc2ccc[nH]2)cc1. The van der Waals surface area contributed by atoms with E-state index in [-0.39, 0.29) is 0 Å². The molecule has 0 amide bonds. The van der Waals surface area contributed by atoms with E-state index in [4.69, 9.17) is 24.3 Å². The van der Waals surface area contributed by atoms with Gasteiger partial charge in [-0.2, -0.15) is 5.10 Å². The van der Waals surface area contributed by atoms with Crippen molar-refractivity contribution in [1.82, 2.24) is 9.66 Å². The molecule has 7 nitrogen and oxygen atoms in total. The lowest BCUT2D eigenvalue weighted by molar-refractivity contribution is 0.404. The van der Waals surface area contributed by atoms with Crippen molar-refractivity contribution in [2.45, 2.75) is 0 Å². The number of aromatic amines is 1. The average Bonchev–Trinajstić information content (AvgIpc) is 3.47. The molecule has 0 saturated carbocycles. The molecule has 0 saturated heterocycles. The highest BCUT2D eigenvalue weighted by molar-refractivity contribution is 7.07. The Morgan fingerprint density at radius 2 is 1.71 bits per heavy atom. The van der Waals surface area contributed by atoms with E-state index in [0.717, 1.165) is 39.9 Å². The van der Waals surface area contributed by atoms with Gasteiger partial charge >= 0.3 is 0 Å². The van der Waals surface area contributed by atoms with Crippen LogP contribution in [0, 0.1) is 0 Å². The summed E-state index contributed by atoms with van der Waals surface area (Å²) in [6.45, 7) is 0. The molecule has 0 fully saturated rings. The van der Waals surface area contributed by atoms with Crippen molar-refractivity contribution >= 4 is 23.2 Å². The Bertz CT molecular complexity index is 1240. The maximum Gasteiger partial charge on any atom is 0.211 e. The van der Waals surface area contributed by atoms with Crippen molar-refractivity contribution in [2.24, 2.45) is 10.1 Å². The standard InChI is InChI=1S/C23H22N4O3S/c1-28-18-8-6-16(7-9-18)26-23-27(25-14-17-5-4-12-24-17)21(15-31-23)20-13-19(29-2)10-11-22(20)30-3/h4-15,24H,1-3H3. The number of hydrogen-bond acceptors (Lipinski definition) is 6. The number of aromatic nitrogens is 2. The molecule has 2 heterocycles. The van der Waals surface area contributed by atoms with Crippen molar-refractivity contribution in [1.29, 1.82) is 0 Å². The molecule has 0 spiro atoms. The zero-order valence-electron chi connectivity index (χ0n) is 17.4. The number of nitrogens with one attached hydrogen (secondary N) is 1. The van der Waals surface area contributed by atoms with Crippen molar-refractivity contribution in [3.8, 4) is 28.5 Å². The van der Waals surface area contributed by atoms with Crippen molar-refractivity contribution in [3.05, 3.63) is 76.7 Å². The predicted octanol–water partition coefficient (Wildman–Crippen LogP) is 4.69. The van der Waals surface area contributed by atoms with Crippen LogP contribution in [0.3, 0.4) is 0 Å². The summed E-state index contributed by atoms with van der Waals surface area (Å²) in [5, 5.41) is 6.71. The molecule has 8 heteroatoms. The molecule has 0 aliphatic heterocycles. The van der Waals surface area contributed by atoms with Crippen LogP contribution in [0.2, 0.25) is 0 Å². The smallest absolute Gasteiger partial charge is 0.211 e. The monoisotopic (exact) mass is 434 g/mol. The normalized spacial score (nSPS) is 11.8. The van der Waals surface area contributed by atoms with Crippen molar-refractivity contribution < 1.29 is 14.2 Å². The Balaban J connectivity index is 1.87. The number of benzene rings is 2. The van der Waals surface area contributed by atoms with E-state index in [9.17, 15) is 0 Å². The van der Waals surface area contributed by atoms with Gasteiger partial charge in [0.1, 0.15) is 17.2 Å². The molecular weight excluding hydrogens is 412 g/mol. The zero-order chi connectivity index (χ0) is 21.6. The molecule has 0 radical (unpaired) electrons. The second kappa shape index (κ2) is 9.36. The predicted molar refractivity (Wildman–Crippen MR) is 123 cm³/mol. The fourth-order valence-electron chi connectivity index (χ4n) is 3.00. The Labute approximate surface area is 183 Å². The van der Waals surface area contributed by atoms with Crippen LogP contribution >= 0.6 is 11.3 Å². The molecule has 4 aromatic rings. The summed E-state index contributed by atoms with van der Waals surface area (Å²) in [5.74, 6) is 2.23. The number of nitrogens with zero attached hydrogens (tertiary/aromatic N) is 3. The largest absolute Gasteiger partial charge is 0.497 e. The number of H-pyrrole nitrogens is 1. The summed E-state index contributed by atoms with van der Waals surface area (Å²) in [4.78, 5) is 8.64. The van der Waals surface area contributed by atoms with E-state index in [2.05, 4.69) is 4.98 Å². The summed E-state index contributed by atoms with van der Waals surface area (Å²) in [6, 6.07) is 17.1. The van der Waals surface area contributed by atoms with Gasteiger partial charge in [-0.3, -0.25) is 0 Å². The summed E-state index contributed by atoms with van der Waals surface area (Å²) in [5.41, 5.74) is 3.39. The van der Waals surface area contributed by atoms with Crippen LogP contribution in [0.1, 0.15) is 5.69 Å². The van der Waals surface area contributed by atoms with Gasteiger partial charge in [-0.05, 0) is 54.6 Å². The number of thiazole rings is 1. The minimum atomic E-state index is 0.716. The molecule has 0 aliphatic carbocycles. The molecule has 158 valence electrons. The van der Waals surface area contributed by atoms with E-state index in [0.29, 0.717) is 4.80 Å². The van der Waals surface area contributed by atoms with Crippen LogP contribution in [-0.2, 0) is 0 Å². The first kappa shape index (κ1) is 20.5. The van der Waals surface area contributed by atoms with Gasteiger partial charge in [0.15, 0.2) is 0 Å². The van der Waals surface area contributed by atoms with Crippen molar-refractivity contribution in [3.63, 3.8) is 0 Å². The highest BCUT2D eigenvalue weighted by Gasteiger charge is 2.14. The van der Waals surface area contributed by atoms with E-state index < -0.39 is 0 Å². The Hall–Kier alpha value is -3.78. The third kappa shape index (κ3) is 4.54. The highest BCUT2D eigenvalue weighted by Crippen LogP contribution is 2.34. The van der Waals surface area contributed by atoms with Gasteiger partial charge in [0.05, 0.1) is 44.6 Å². The Morgan fingerprint density at radius 3 is 2.39 bits per heavy atom. The molecule has 2 aromatic heterocycles. The fourth-order valence-corrected chi connectivity index (χ4v) is 3.85. The molecule has 4 rings (SSSR count). The van der Waals surface area contributed by atoms with Gasteiger partial charge in [-0.1, -0.05) is 0 Å². The van der Waals surface area contributed by atoms with Crippen LogP contribution in [0.25, 0.3) is 11.3 Å². The van der Waals surface area contributed by atoms with E-state index in [1.54, 1.807) is 32.2 Å². The Kier molecular flexibility index (Phi) is 6.18. The molecular formula is C23H22N4O3S. The molecule has 0 unspecified atom stereocenters. The summed E-state index contributed by atoms with van der Waals surface area (Å²) in [6.07, 6.45) is 3.62. The average molecular weight is 435 g/mol. The van der Waals surface area contributed by atoms with Gasteiger partial charge in [-0.25, -0.2) is 9.67 Å². The lowest BCUT2D eigenvalue weighted by Gasteiger charge is -2.11. The van der Waals surface area contributed by atoms with Gasteiger partial charge in [0.2, 0.25) is 4.80 Å². The minimum absolute atomic E-state index is 0.716. The number of ether oxygens (including phenoxy) is 3. The van der Waals surface area contributed by atoms with Crippen LogP contribution in [0.5, 0.6) is 17.2 Å². The minimum Gasteiger partial charge on any atom is -0.497 e. The van der Waals surface area contributed by atoms with Crippen LogP contribution in [-0.4, -0.2) is 37.2 Å². The van der Waals surface area contributed by atoms with E-state index in [1.165, 1.54) is 11.3 Å². The topological polar surface area (TPSA) is 73.1 Å². The molecule has 0 bridgehead atoms. The quantitative estimate of drug-likeness (QED) is 0.429. The van der Waals surface area contributed by atoms with E-state index in [1.807, 2.05) is 66.2 Å². The fraction of sp³-hybridized carbons (Fsp3) is 0.130. The summed E-state index contributed by atoms with van der Waals surface area (Å²) in [7, 11) is 4.93. The first-order chi connectivity index (χ1) is 15.2. The van der Waals surface area contributed by atoms with Gasteiger partial charge in [-0.15, -0.1) is 11.3 Å². The number of methoxy groups -OCH3 is 3. The molecule has 31 heavy (non-hydrogen) atoms. The maximum absolute atomic E-state index is 5.59. The van der Waals surface area contributed by atoms with E-state index >= 15 is 0 Å². The second-order valence-electron chi connectivity index (χ2n) is 6.46. The zero-order valence-corrected chi connectivity index (χ0v) is 18.2. The second-order valence-corrected chi connectivity index (χ2v) is 7.30. The van der Waals surface area contributed by atoms with Gasteiger partial charge in [0.25, 0.3) is 0 Å². The van der Waals surface area contributed by atoms with Crippen molar-refractivity contribution in [2.75, 3.05) is 21.3 Å². The third-order valence-corrected chi connectivity index (χ3v) is 5.42. The van der Waals surface area contributed by atoms with Crippen LogP contribution in [0.4, 0.5) is 5.69 Å². The summed E-state index contributed by atoms with van der Waals surface area (Å²) >= 11 is 1.49. The number of rotatable bonds is 7. The molecule has 2 aromatic carbocycles. The first-order valence-electron chi connectivity index (χ1n) is 9.51. The summed E-state index contributed by atoms with van der Waals surface area (Å²) < 4.78 is 18.0. The first-order valence-corrected chi connectivity index (χ1v) is 10.4. The van der Waals surface area contributed by atoms with Crippen LogP contribution in [0.15, 0.2) is 76.3 Å². The molecule has 0 aliphatic rings. The third-order valence-electron chi connectivity index (χ3n) is 4.60. The highest BCUT2D eigenvalue weighted by atomic mass is 32.1. The van der Waals surface area contributed by atoms with Crippen LogP contribution < -0.4 is 19.0 Å². The van der Waals surface area contributed by atoms with Gasteiger partial charge < -0.3 is 19.2 Å². The Morgan fingerprint density at radius 1 is 0.935 bits per heavy atom.